The smallest absolute Gasteiger partial charge is 0.264 e. The lowest BCUT2D eigenvalue weighted by Crippen LogP contribution is -2.36. The Morgan fingerprint density at radius 1 is 1.12 bits per heavy atom. The van der Waals surface area contributed by atoms with Crippen LogP contribution in [-0.2, 0) is 20.2 Å². The van der Waals surface area contributed by atoms with E-state index in [1.807, 2.05) is 12.1 Å². The number of hydrogen-bond donors (Lipinski definition) is 2. The number of morpholine rings is 1. The minimum absolute atomic E-state index is 0.142. The highest BCUT2D eigenvalue weighted by Crippen LogP contribution is 2.44. The Balaban J connectivity index is 1.38. The molecule has 0 unspecified atom stereocenters. The van der Waals surface area contributed by atoms with Crippen molar-refractivity contribution < 1.29 is 17.9 Å². The van der Waals surface area contributed by atoms with Gasteiger partial charge in [-0.2, -0.15) is 0 Å². The molecule has 1 amide bonds. The number of benzene rings is 2. The summed E-state index contributed by atoms with van der Waals surface area (Å²) in [5.74, 6) is -0.555. The van der Waals surface area contributed by atoms with Crippen LogP contribution >= 0.6 is 0 Å². The fourth-order valence-electron chi connectivity index (χ4n) is 4.84. The van der Waals surface area contributed by atoms with Crippen LogP contribution < -0.4 is 14.9 Å². The number of ether oxygens (including phenoxy) is 1. The first-order chi connectivity index (χ1) is 15.7. The maximum absolute atomic E-state index is 12.6. The van der Waals surface area contributed by atoms with E-state index in [1.165, 1.54) is 11.3 Å². The number of sulfonamides is 1. The normalized spacial score (nSPS) is 22.2. The summed E-state index contributed by atoms with van der Waals surface area (Å²) in [4.78, 5) is 15.0. The van der Waals surface area contributed by atoms with Crippen molar-refractivity contribution in [1.82, 2.24) is 4.72 Å². The maximum atomic E-state index is 12.6. The van der Waals surface area contributed by atoms with Gasteiger partial charge in [0.2, 0.25) is 10.0 Å². The second-order valence-corrected chi connectivity index (χ2v) is 11.9. The van der Waals surface area contributed by atoms with Crippen molar-refractivity contribution in [2.75, 3.05) is 36.5 Å². The summed E-state index contributed by atoms with van der Waals surface area (Å²) in [7, 11) is -3.57. The number of nitrogens with one attached hydrogen (secondary N) is 2. The third-order valence-corrected chi connectivity index (χ3v) is 8.72. The molecule has 1 saturated carbocycles. The molecule has 2 heterocycles. The molecule has 0 radical (unpaired) electrons. The number of hydrogen-bond acceptors (Lipinski definition) is 6. The van der Waals surface area contributed by atoms with Crippen molar-refractivity contribution >= 4 is 27.3 Å². The summed E-state index contributed by atoms with van der Waals surface area (Å²) < 4.78 is 32.1. The van der Waals surface area contributed by atoms with E-state index in [9.17, 15) is 13.2 Å². The second kappa shape index (κ2) is 8.33. The van der Waals surface area contributed by atoms with Crippen LogP contribution in [-0.4, -0.2) is 45.9 Å². The van der Waals surface area contributed by atoms with Gasteiger partial charge < -0.3 is 15.0 Å². The van der Waals surface area contributed by atoms with Gasteiger partial charge in [0.25, 0.3) is 5.91 Å². The SMILES string of the molecule is CC1(C)C[C@H](c2cccc(N3CCOCC3)c2)Nc2ccc(C(=O)NS(=O)(=O)C3CC3)cc21. The van der Waals surface area contributed by atoms with Crippen molar-refractivity contribution in [3.8, 4) is 0 Å². The van der Waals surface area contributed by atoms with Gasteiger partial charge in [-0.25, -0.2) is 13.1 Å². The topological polar surface area (TPSA) is 87.7 Å². The Kier molecular flexibility index (Phi) is 5.61. The lowest BCUT2D eigenvalue weighted by Gasteiger charge is -2.39. The molecule has 33 heavy (non-hydrogen) atoms. The van der Waals surface area contributed by atoms with Gasteiger partial charge in [-0.1, -0.05) is 26.0 Å². The van der Waals surface area contributed by atoms with E-state index in [-0.39, 0.29) is 11.5 Å². The number of carbonyl (C=O) groups excluding carboxylic acids is 1. The average Bonchev–Trinajstić information content (AvgIpc) is 3.65. The summed E-state index contributed by atoms with van der Waals surface area (Å²) in [5.41, 5.74) is 4.64. The molecule has 8 heteroatoms. The molecule has 0 spiro atoms. The fourth-order valence-corrected chi connectivity index (χ4v) is 6.14. The van der Waals surface area contributed by atoms with Crippen molar-refractivity contribution in [2.24, 2.45) is 0 Å². The van der Waals surface area contributed by atoms with Crippen LogP contribution in [0.15, 0.2) is 42.5 Å². The molecule has 2 aliphatic heterocycles. The minimum Gasteiger partial charge on any atom is -0.378 e. The molecular weight excluding hydrogens is 438 g/mol. The Hall–Kier alpha value is -2.58. The Labute approximate surface area is 195 Å². The second-order valence-electron chi connectivity index (χ2n) is 9.92. The molecule has 0 aromatic heterocycles. The first-order valence-corrected chi connectivity index (χ1v) is 13.2. The molecule has 7 nitrogen and oxygen atoms in total. The van der Waals surface area contributed by atoms with Crippen LogP contribution in [0.4, 0.5) is 11.4 Å². The summed E-state index contributed by atoms with van der Waals surface area (Å²) >= 11 is 0. The van der Waals surface area contributed by atoms with E-state index in [1.54, 1.807) is 6.07 Å². The largest absolute Gasteiger partial charge is 0.378 e. The van der Waals surface area contributed by atoms with Crippen molar-refractivity contribution in [3.63, 3.8) is 0 Å². The summed E-state index contributed by atoms with van der Waals surface area (Å²) in [6, 6.07) is 14.3. The van der Waals surface area contributed by atoms with E-state index in [2.05, 4.69) is 53.1 Å². The van der Waals surface area contributed by atoms with Gasteiger partial charge in [0.1, 0.15) is 0 Å². The number of fused-ring (bicyclic) bond motifs is 1. The molecule has 3 aliphatic rings. The molecule has 1 atom stereocenters. The maximum Gasteiger partial charge on any atom is 0.264 e. The van der Waals surface area contributed by atoms with Gasteiger partial charge in [-0.15, -0.1) is 0 Å². The summed E-state index contributed by atoms with van der Waals surface area (Å²) in [6.07, 6.45) is 2.10. The molecule has 0 bridgehead atoms. The molecule has 2 fully saturated rings. The van der Waals surface area contributed by atoms with Crippen LogP contribution in [0.1, 0.15) is 60.6 Å². The van der Waals surface area contributed by atoms with E-state index in [4.69, 9.17) is 4.74 Å². The Morgan fingerprint density at radius 3 is 2.61 bits per heavy atom. The first-order valence-electron chi connectivity index (χ1n) is 11.6. The molecule has 5 rings (SSSR count). The number of nitrogens with zero attached hydrogens (tertiary/aromatic N) is 1. The molecule has 1 saturated heterocycles. The van der Waals surface area contributed by atoms with Crippen LogP contribution in [0.5, 0.6) is 0 Å². The highest BCUT2D eigenvalue weighted by atomic mass is 32.2. The van der Waals surface area contributed by atoms with Gasteiger partial charge in [0.15, 0.2) is 0 Å². The van der Waals surface area contributed by atoms with Gasteiger partial charge in [-0.3, -0.25) is 4.79 Å². The van der Waals surface area contributed by atoms with Crippen LogP contribution in [0.25, 0.3) is 0 Å². The third-order valence-electron chi connectivity index (χ3n) is 6.90. The van der Waals surface area contributed by atoms with Crippen LogP contribution in [0.3, 0.4) is 0 Å². The number of carbonyl (C=O) groups is 1. The van der Waals surface area contributed by atoms with Crippen LogP contribution in [0.2, 0.25) is 0 Å². The molecule has 176 valence electrons. The average molecular weight is 470 g/mol. The molecule has 2 aromatic rings. The van der Waals surface area contributed by atoms with Crippen molar-refractivity contribution in [3.05, 3.63) is 59.2 Å². The van der Waals surface area contributed by atoms with Crippen molar-refractivity contribution in [2.45, 2.75) is 49.8 Å². The van der Waals surface area contributed by atoms with E-state index in [0.717, 1.165) is 44.0 Å². The van der Waals surface area contributed by atoms with Gasteiger partial charge in [-0.05, 0) is 66.1 Å². The predicted molar refractivity (Wildman–Crippen MR) is 129 cm³/mol. The zero-order chi connectivity index (χ0) is 23.2. The van der Waals surface area contributed by atoms with E-state index in [0.29, 0.717) is 18.4 Å². The van der Waals surface area contributed by atoms with Gasteiger partial charge in [0, 0.05) is 30.0 Å². The lowest BCUT2D eigenvalue weighted by atomic mass is 9.73. The highest BCUT2D eigenvalue weighted by molar-refractivity contribution is 7.91. The van der Waals surface area contributed by atoms with E-state index >= 15 is 0 Å². The van der Waals surface area contributed by atoms with Gasteiger partial charge >= 0.3 is 0 Å². The lowest BCUT2D eigenvalue weighted by molar-refractivity contribution is 0.0981. The fraction of sp³-hybridized carbons (Fsp3) is 0.480. The zero-order valence-electron chi connectivity index (χ0n) is 19.1. The number of amides is 1. The number of anilines is 2. The quantitative estimate of drug-likeness (QED) is 0.696. The van der Waals surface area contributed by atoms with Gasteiger partial charge in [0.05, 0.1) is 24.5 Å². The summed E-state index contributed by atoms with van der Waals surface area (Å²) in [5, 5.41) is 3.22. The standard InChI is InChI=1S/C25H31N3O4S/c1-25(2)16-23(17-4-3-5-19(14-17)28-10-12-32-13-11-28)26-22-9-6-18(15-21(22)25)24(29)27-33(30,31)20-7-8-20/h3-6,9,14-15,20,23,26H,7-8,10-13,16H2,1-2H3,(H,27,29)/t23-/m1/s1. The van der Waals surface area contributed by atoms with E-state index < -0.39 is 21.2 Å². The minimum atomic E-state index is -3.57. The predicted octanol–water partition coefficient (Wildman–Crippen LogP) is 3.58. The molecule has 2 N–H and O–H groups in total. The monoisotopic (exact) mass is 469 g/mol. The zero-order valence-corrected chi connectivity index (χ0v) is 20.0. The number of rotatable bonds is 5. The third kappa shape index (κ3) is 4.59. The highest BCUT2D eigenvalue weighted by Gasteiger charge is 2.38. The molecule has 2 aromatic carbocycles. The molecule has 1 aliphatic carbocycles. The Bertz CT molecular complexity index is 1170. The Morgan fingerprint density at radius 2 is 1.88 bits per heavy atom. The first kappa shape index (κ1) is 22.2. The van der Waals surface area contributed by atoms with Crippen molar-refractivity contribution in [1.29, 1.82) is 0 Å². The molecular formula is C25H31N3O4S. The summed E-state index contributed by atoms with van der Waals surface area (Å²) in [6.45, 7) is 7.66. The van der Waals surface area contributed by atoms with Crippen LogP contribution in [0, 0.1) is 0 Å².